The zero-order chi connectivity index (χ0) is 16.9. The fourth-order valence-corrected chi connectivity index (χ4v) is 1.74. The predicted octanol–water partition coefficient (Wildman–Crippen LogP) is 3.41. The number of halogens is 6. The average Bonchev–Trinajstić information content (AvgIpc) is 2.38. The molecule has 0 fully saturated rings. The summed E-state index contributed by atoms with van der Waals surface area (Å²) in [6.45, 7) is -2.22. The molecule has 0 bridgehead atoms. The SMILES string of the molecule is O=C(COc1cc(Cl)c(Cl)cc1Cl)NC(=O)NCC(F)(F)F. The van der Waals surface area contributed by atoms with E-state index in [1.807, 2.05) is 0 Å². The second kappa shape index (κ2) is 7.75. The van der Waals surface area contributed by atoms with Gasteiger partial charge in [0, 0.05) is 6.07 Å². The quantitative estimate of drug-likeness (QED) is 0.788. The summed E-state index contributed by atoms with van der Waals surface area (Å²) in [7, 11) is 0. The molecule has 0 aliphatic heterocycles. The lowest BCUT2D eigenvalue weighted by molar-refractivity contribution is -0.125. The lowest BCUT2D eigenvalue weighted by Crippen LogP contribution is -2.44. The third-order valence-corrected chi connectivity index (χ3v) is 3.05. The van der Waals surface area contributed by atoms with Crippen LogP contribution >= 0.6 is 34.8 Å². The summed E-state index contributed by atoms with van der Waals surface area (Å²) in [5, 5.41) is 3.49. The van der Waals surface area contributed by atoms with Crippen molar-refractivity contribution in [2.24, 2.45) is 0 Å². The Bertz CT molecular complexity index is 582. The third-order valence-electron chi connectivity index (χ3n) is 2.04. The van der Waals surface area contributed by atoms with Crippen LogP contribution in [0.2, 0.25) is 15.1 Å². The van der Waals surface area contributed by atoms with E-state index in [0.717, 1.165) is 0 Å². The molecule has 0 saturated heterocycles. The summed E-state index contributed by atoms with van der Waals surface area (Å²) in [5.41, 5.74) is 0. The highest BCUT2D eigenvalue weighted by molar-refractivity contribution is 6.43. The first kappa shape index (κ1) is 18.7. The van der Waals surface area contributed by atoms with Crippen molar-refractivity contribution in [2.75, 3.05) is 13.2 Å². The molecule has 1 rings (SSSR count). The molecule has 0 aliphatic rings. The molecule has 22 heavy (non-hydrogen) atoms. The van der Waals surface area contributed by atoms with Crippen LogP contribution in [0.1, 0.15) is 0 Å². The Kier molecular flexibility index (Phi) is 6.58. The predicted molar refractivity (Wildman–Crippen MR) is 74.6 cm³/mol. The van der Waals surface area contributed by atoms with E-state index in [9.17, 15) is 22.8 Å². The smallest absolute Gasteiger partial charge is 0.405 e. The number of rotatable bonds is 4. The molecule has 0 heterocycles. The van der Waals surface area contributed by atoms with Gasteiger partial charge in [-0.1, -0.05) is 34.8 Å². The molecule has 0 atom stereocenters. The molecule has 0 saturated carbocycles. The van der Waals surface area contributed by atoms with Gasteiger partial charge in [-0.05, 0) is 6.07 Å². The minimum Gasteiger partial charge on any atom is -0.482 e. The van der Waals surface area contributed by atoms with Gasteiger partial charge in [0.2, 0.25) is 0 Å². The second-order valence-corrected chi connectivity index (χ2v) is 5.05. The maximum atomic E-state index is 11.8. The van der Waals surface area contributed by atoms with E-state index in [1.165, 1.54) is 17.4 Å². The molecule has 0 radical (unpaired) electrons. The van der Waals surface area contributed by atoms with E-state index in [-0.39, 0.29) is 20.8 Å². The Labute approximate surface area is 137 Å². The maximum Gasteiger partial charge on any atom is 0.405 e. The lowest BCUT2D eigenvalue weighted by atomic mass is 10.3. The highest BCUT2D eigenvalue weighted by atomic mass is 35.5. The van der Waals surface area contributed by atoms with Crippen molar-refractivity contribution >= 4 is 46.7 Å². The number of amides is 3. The van der Waals surface area contributed by atoms with Crippen molar-refractivity contribution in [2.45, 2.75) is 6.18 Å². The van der Waals surface area contributed by atoms with Gasteiger partial charge in [-0.3, -0.25) is 10.1 Å². The Hall–Kier alpha value is -1.38. The molecule has 2 N–H and O–H groups in total. The van der Waals surface area contributed by atoms with Crippen LogP contribution < -0.4 is 15.4 Å². The number of hydrogen-bond donors (Lipinski definition) is 2. The molecule has 0 unspecified atom stereocenters. The normalized spacial score (nSPS) is 11.0. The van der Waals surface area contributed by atoms with Crippen LogP contribution in [0, 0.1) is 0 Å². The zero-order valence-corrected chi connectivity index (χ0v) is 12.8. The minimum absolute atomic E-state index is 0.0296. The van der Waals surface area contributed by atoms with Crippen LogP contribution in [-0.2, 0) is 4.79 Å². The summed E-state index contributed by atoms with van der Waals surface area (Å²) in [5.74, 6) is -0.941. The number of alkyl halides is 3. The second-order valence-electron chi connectivity index (χ2n) is 3.83. The van der Waals surface area contributed by atoms with E-state index in [2.05, 4.69) is 0 Å². The van der Waals surface area contributed by atoms with Gasteiger partial charge in [-0.25, -0.2) is 4.79 Å². The summed E-state index contributed by atoms with van der Waals surface area (Å²) in [4.78, 5) is 22.3. The molecule has 11 heteroatoms. The molecular weight excluding hydrogens is 371 g/mol. The van der Waals surface area contributed by atoms with Crippen molar-refractivity contribution < 1.29 is 27.5 Å². The maximum absolute atomic E-state index is 11.8. The highest BCUT2D eigenvalue weighted by Crippen LogP contribution is 2.33. The average molecular weight is 380 g/mol. The van der Waals surface area contributed by atoms with Crippen LogP contribution in [-0.4, -0.2) is 31.3 Å². The van der Waals surface area contributed by atoms with Gasteiger partial charge in [-0.15, -0.1) is 0 Å². The van der Waals surface area contributed by atoms with Crippen molar-refractivity contribution in [1.29, 1.82) is 0 Å². The lowest BCUT2D eigenvalue weighted by Gasteiger charge is -2.11. The first-order valence-corrected chi connectivity index (χ1v) is 6.63. The first-order chi connectivity index (χ1) is 10.1. The first-order valence-electron chi connectivity index (χ1n) is 5.50. The van der Waals surface area contributed by atoms with Crippen molar-refractivity contribution in [3.05, 3.63) is 27.2 Å². The number of urea groups is 1. The molecule has 0 aromatic heterocycles. The van der Waals surface area contributed by atoms with E-state index in [1.54, 1.807) is 5.32 Å². The number of ether oxygens (including phenoxy) is 1. The standard InChI is InChI=1S/C11H8Cl3F3N2O3/c12-5-1-7(14)8(2-6(5)13)22-3-9(20)19-10(21)18-4-11(15,16)17/h1-2H,3-4H2,(H2,18,19,20,21). The van der Waals surface area contributed by atoms with E-state index >= 15 is 0 Å². The number of carbonyl (C=O) groups excluding carboxylic acids is 2. The Morgan fingerprint density at radius 1 is 1.09 bits per heavy atom. The number of benzene rings is 1. The number of nitrogens with one attached hydrogen (secondary N) is 2. The van der Waals surface area contributed by atoms with Gasteiger partial charge in [0.05, 0.1) is 15.1 Å². The summed E-state index contributed by atoms with van der Waals surface area (Å²) >= 11 is 17.2. The molecule has 3 amide bonds. The number of carbonyl (C=O) groups is 2. The molecule has 0 aliphatic carbocycles. The van der Waals surface area contributed by atoms with Crippen LogP contribution in [0.3, 0.4) is 0 Å². The van der Waals surface area contributed by atoms with Crippen molar-refractivity contribution in [1.82, 2.24) is 10.6 Å². The number of hydrogen-bond acceptors (Lipinski definition) is 3. The van der Waals surface area contributed by atoms with Crippen LogP contribution in [0.25, 0.3) is 0 Å². The van der Waals surface area contributed by atoms with E-state index < -0.39 is 31.3 Å². The van der Waals surface area contributed by atoms with Crippen molar-refractivity contribution in [3.8, 4) is 5.75 Å². The zero-order valence-electron chi connectivity index (χ0n) is 10.6. The highest BCUT2D eigenvalue weighted by Gasteiger charge is 2.28. The Morgan fingerprint density at radius 3 is 2.27 bits per heavy atom. The van der Waals surface area contributed by atoms with Crippen LogP contribution in [0.4, 0.5) is 18.0 Å². The Morgan fingerprint density at radius 2 is 1.68 bits per heavy atom. The van der Waals surface area contributed by atoms with E-state index in [4.69, 9.17) is 39.5 Å². The van der Waals surface area contributed by atoms with E-state index in [0.29, 0.717) is 0 Å². The summed E-state index contributed by atoms with van der Waals surface area (Å²) < 4.78 is 40.5. The van der Waals surface area contributed by atoms with Crippen LogP contribution in [0.5, 0.6) is 5.75 Å². The molecule has 0 spiro atoms. The van der Waals surface area contributed by atoms with Gasteiger partial charge in [0.25, 0.3) is 5.91 Å². The van der Waals surface area contributed by atoms with Gasteiger partial charge in [-0.2, -0.15) is 13.2 Å². The third kappa shape index (κ3) is 6.59. The van der Waals surface area contributed by atoms with Gasteiger partial charge >= 0.3 is 12.2 Å². The molecule has 1 aromatic carbocycles. The fraction of sp³-hybridized carbons (Fsp3) is 0.273. The minimum atomic E-state index is -4.58. The fourth-order valence-electron chi connectivity index (χ4n) is 1.15. The van der Waals surface area contributed by atoms with Gasteiger partial charge < -0.3 is 10.1 Å². The molecule has 122 valence electrons. The molecule has 5 nitrogen and oxygen atoms in total. The van der Waals surface area contributed by atoms with Gasteiger partial charge in [0.15, 0.2) is 6.61 Å². The van der Waals surface area contributed by atoms with Gasteiger partial charge in [0.1, 0.15) is 12.3 Å². The largest absolute Gasteiger partial charge is 0.482 e. The molecular formula is C11H8Cl3F3N2O3. The summed E-state index contributed by atoms with van der Waals surface area (Å²) in [6, 6.07) is 1.24. The summed E-state index contributed by atoms with van der Waals surface area (Å²) in [6.07, 6.45) is -4.58. The number of imide groups is 1. The molecule has 1 aromatic rings. The van der Waals surface area contributed by atoms with Crippen LogP contribution in [0.15, 0.2) is 12.1 Å². The topological polar surface area (TPSA) is 67.4 Å². The Balaban J connectivity index is 2.47. The van der Waals surface area contributed by atoms with Crippen molar-refractivity contribution in [3.63, 3.8) is 0 Å². The monoisotopic (exact) mass is 378 g/mol.